The number of aryl methyl sites for hydroxylation is 1. The Hall–Kier alpha value is -3.00. The van der Waals surface area contributed by atoms with E-state index in [1.54, 1.807) is 31.3 Å². The number of benzene rings is 1. The van der Waals surface area contributed by atoms with Gasteiger partial charge in [-0.3, -0.25) is 18.9 Å². The summed E-state index contributed by atoms with van der Waals surface area (Å²) < 4.78 is 2.17. The second-order valence-electron chi connectivity index (χ2n) is 6.95. The minimum absolute atomic E-state index is 0.0790. The Bertz CT molecular complexity index is 1190. The van der Waals surface area contributed by atoms with Gasteiger partial charge >= 0.3 is 6.03 Å². The first-order valence-corrected chi connectivity index (χ1v) is 9.47. The molecule has 7 nitrogen and oxygen atoms in total. The summed E-state index contributed by atoms with van der Waals surface area (Å²) >= 11 is 3.44. The highest BCUT2D eigenvalue weighted by molar-refractivity contribution is 9.10. The van der Waals surface area contributed by atoms with Crippen molar-refractivity contribution in [1.29, 1.82) is 0 Å². The van der Waals surface area contributed by atoms with Crippen LogP contribution in [0.3, 0.4) is 0 Å². The molecular weight excluding hydrogens is 424 g/mol. The molecule has 3 heterocycles. The van der Waals surface area contributed by atoms with Crippen molar-refractivity contribution in [3.05, 3.63) is 80.3 Å². The van der Waals surface area contributed by atoms with Gasteiger partial charge in [-0.2, -0.15) is 0 Å². The van der Waals surface area contributed by atoms with Gasteiger partial charge in [-0.25, -0.2) is 9.78 Å². The SMILES string of the molecule is Cc1ccc2nc(CN3C(=O)NC(C)(c4ccccc4Br)C3=O)cc(=O)n2c1. The van der Waals surface area contributed by atoms with Gasteiger partial charge in [0.1, 0.15) is 11.2 Å². The van der Waals surface area contributed by atoms with E-state index in [0.717, 1.165) is 14.9 Å². The number of imide groups is 1. The molecule has 1 atom stereocenters. The van der Waals surface area contributed by atoms with Crippen LogP contribution in [-0.2, 0) is 16.9 Å². The standard InChI is InChI=1S/C20H17BrN4O3/c1-12-7-8-16-22-13(9-17(26)24(16)10-12)11-25-18(27)20(2,23-19(25)28)14-5-3-4-6-15(14)21/h3-10H,11H2,1-2H3,(H,23,28). The Labute approximate surface area is 169 Å². The Kier molecular flexibility index (Phi) is 4.30. The fraction of sp³-hybridized carbons (Fsp3) is 0.200. The highest BCUT2D eigenvalue weighted by atomic mass is 79.9. The molecule has 1 unspecified atom stereocenters. The molecule has 0 spiro atoms. The first-order chi connectivity index (χ1) is 13.3. The molecule has 0 radical (unpaired) electrons. The largest absolute Gasteiger partial charge is 0.325 e. The molecule has 1 aromatic carbocycles. The van der Waals surface area contributed by atoms with Crippen molar-refractivity contribution in [3.8, 4) is 0 Å². The maximum atomic E-state index is 13.1. The fourth-order valence-electron chi connectivity index (χ4n) is 3.39. The first-order valence-electron chi connectivity index (χ1n) is 8.68. The van der Waals surface area contributed by atoms with E-state index in [0.29, 0.717) is 16.9 Å². The molecule has 142 valence electrons. The monoisotopic (exact) mass is 440 g/mol. The molecule has 0 bridgehead atoms. The highest BCUT2D eigenvalue weighted by Crippen LogP contribution is 2.34. The normalized spacial score (nSPS) is 19.3. The number of carbonyl (C=O) groups is 2. The molecule has 8 heteroatoms. The van der Waals surface area contributed by atoms with Gasteiger partial charge in [0.25, 0.3) is 11.5 Å². The number of amides is 3. The number of hydrogen-bond donors (Lipinski definition) is 1. The van der Waals surface area contributed by atoms with Crippen molar-refractivity contribution in [2.75, 3.05) is 0 Å². The Balaban J connectivity index is 1.69. The zero-order chi connectivity index (χ0) is 20.1. The summed E-state index contributed by atoms with van der Waals surface area (Å²) in [5.74, 6) is -0.393. The van der Waals surface area contributed by atoms with E-state index in [2.05, 4.69) is 26.2 Å². The van der Waals surface area contributed by atoms with Gasteiger partial charge in [0.2, 0.25) is 0 Å². The summed E-state index contributed by atoms with van der Waals surface area (Å²) in [6.07, 6.45) is 1.70. The lowest BCUT2D eigenvalue weighted by Gasteiger charge is -2.23. The lowest BCUT2D eigenvalue weighted by Crippen LogP contribution is -2.41. The zero-order valence-electron chi connectivity index (χ0n) is 15.3. The van der Waals surface area contributed by atoms with E-state index >= 15 is 0 Å². The minimum atomic E-state index is -1.19. The van der Waals surface area contributed by atoms with Crippen LogP contribution in [0.2, 0.25) is 0 Å². The average molecular weight is 441 g/mol. The van der Waals surface area contributed by atoms with E-state index in [1.807, 2.05) is 25.1 Å². The van der Waals surface area contributed by atoms with Crippen LogP contribution in [0, 0.1) is 6.92 Å². The molecule has 3 amide bonds. The Morgan fingerprint density at radius 1 is 1.14 bits per heavy atom. The molecule has 1 aliphatic rings. The number of nitrogens with one attached hydrogen (secondary N) is 1. The summed E-state index contributed by atoms with van der Waals surface area (Å²) in [4.78, 5) is 43.6. The van der Waals surface area contributed by atoms with Gasteiger partial charge in [-0.15, -0.1) is 0 Å². The maximum absolute atomic E-state index is 13.1. The van der Waals surface area contributed by atoms with E-state index in [9.17, 15) is 14.4 Å². The predicted molar refractivity (Wildman–Crippen MR) is 107 cm³/mol. The molecule has 28 heavy (non-hydrogen) atoms. The van der Waals surface area contributed by atoms with Crippen molar-refractivity contribution in [2.45, 2.75) is 25.9 Å². The molecule has 1 saturated heterocycles. The van der Waals surface area contributed by atoms with Crippen molar-refractivity contribution in [1.82, 2.24) is 19.6 Å². The van der Waals surface area contributed by atoms with Gasteiger partial charge in [0.05, 0.1) is 12.2 Å². The van der Waals surface area contributed by atoms with E-state index in [4.69, 9.17) is 0 Å². The summed E-state index contributed by atoms with van der Waals surface area (Å²) in [5, 5.41) is 2.76. The average Bonchev–Trinajstić information content (AvgIpc) is 2.87. The van der Waals surface area contributed by atoms with E-state index in [1.165, 1.54) is 10.5 Å². The molecule has 4 rings (SSSR count). The number of pyridine rings is 1. The molecule has 3 aromatic rings. The number of rotatable bonds is 3. The first kappa shape index (κ1) is 18.4. The number of halogens is 1. The third-order valence-electron chi connectivity index (χ3n) is 4.87. The number of carbonyl (C=O) groups excluding carboxylic acids is 2. The van der Waals surface area contributed by atoms with Gasteiger partial charge in [0.15, 0.2) is 0 Å². The second kappa shape index (κ2) is 6.56. The lowest BCUT2D eigenvalue weighted by atomic mass is 9.92. The topological polar surface area (TPSA) is 83.8 Å². The summed E-state index contributed by atoms with van der Waals surface area (Å²) in [5.41, 5.74) is 0.965. The van der Waals surface area contributed by atoms with Gasteiger partial charge in [-0.05, 0) is 31.5 Å². The minimum Gasteiger partial charge on any atom is -0.319 e. The second-order valence-corrected chi connectivity index (χ2v) is 7.80. The van der Waals surface area contributed by atoms with Crippen molar-refractivity contribution < 1.29 is 9.59 Å². The lowest BCUT2D eigenvalue weighted by molar-refractivity contribution is -0.131. The van der Waals surface area contributed by atoms with Crippen LogP contribution in [0.1, 0.15) is 23.7 Å². The van der Waals surface area contributed by atoms with Crippen molar-refractivity contribution in [2.24, 2.45) is 0 Å². The fourth-order valence-corrected chi connectivity index (χ4v) is 4.07. The molecule has 1 N–H and O–H groups in total. The summed E-state index contributed by atoms with van der Waals surface area (Å²) in [6.45, 7) is 3.47. The number of fused-ring (bicyclic) bond motifs is 1. The van der Waals surface area contributed by atoms with Crippen LogP contribution in [0.25, 0.3) is 5.65 Å². The predicted octanol–water partition coefficient (Wildman–Crippen LogP) is 2.73. The zero-order valence-corrected chi connectivity index (χ0v) is 16.9. The van der Waals surface area contributed by atoms with Crippen LogP contribution in [0.15, 0.2) is 57.9 Å². The van der Waals surface area contributed by atoms with E-state index < -0.39 is 17.5 Å². The maximum Gasteiger partial charge on any atom is 0.325 e. The molecular formula is C20H17BrN4O3. The number of aromatic nitrogens is 2. The third-order valence-corrected chi connectivity index (χ3v) is 5.56. The van der Waals surface area contributed by atoms with Crippen molar-refractivity contribution in [3.63, 3.8) is 0 Å². The van der Waals surface area contributed by atoms with E-state index in [-0.39, 0.29) is 12.1 Å². The third kappa shape index (κ3) is 2.90. The Morgan fingerprint density at radius 3 is 2.64 bits per heavy atom. The number of hydrogen-bond acceptors (Lipinski definition) is 4. The molecule has 1 aliphatic heterocycles. The van der Waals surface area contributed by atoms with Crippen LogP contribution in [0.4, 0.5) is 4.79 Å². The quantitative estimate of drug-likeness (QED) is 0.634. The molecule has 0 saturated carbocycles. The number of urea groups is 1. The number of nitrogens with zero attached hydrogens (tertiary/aromatic N) is 3. The molecule has 0 aliphatic carbocycles. The van der Waals surface area contributed by atoms with Gasteiger partial charge < -0.3 is 5.32 Å². The van der Waals surface area contributed by atoms with Crippen LogP contribution in [-0.4, -0.2) is 26.2 Å². The smallest absolute Gasteiger partial charge is 0.319 e. The van der Waals surface area contributed by atoms with Gasteiger partial charge in [-0.1, -0.05) is 40.2 Å². The highest BCUT2D eigenvalue weighted by Gasteiger charge is 2.49. The van der Waals surface area contributed by atoms with Crippen LogP contribution in [0.5, 0.6) is 0 Å². The van der Waals surface area contributed by atoms with Crippen LogP contribution < -0.4 is 10.9 Å². The molecule has 2 aromatic heterocycles. The van der Waals surface area contributed by atoms with Gasteiger partial charge in [0, 0.05) is 22.3 Å². The Morgan fingerprint density at radius 2 is 1.89 bits per heavy atom. The summed E-state index contributed by atoms with van der Waals surface area (Å²) in [7, 11) is 0. The summed E-state index contributed by atoms with van der Waals surface area (Å²) in [6, 6.07) is 11.7. The van der Waals surface area contributed by atoms with Crippen LogP contribution >= 0.6 is 15.9 Å². The van der Waals surface area contributed by atoms with Crippen molar-refractivity contribution >= 4 is 33.5 Å². The molecule has 1 fully saturated rings.